The molecule has 3 amide bonds. The molecule has 1 aliphatic heterocycles. The zero-order chi connectivity index (χ0) is 22.0. The van der Waals surface area contributed by atoms with E-state index in [9.17, 15) is 19.2 Å². The minimum absolute atomic E-state index is 0.156. The van der Waals surface area contributed by atoms with Gasteiger partial charge in [-0.15, -0.1) is 0 Å². The van der Waals surface area contributed by atoms with Crippen LogP contribution in [0.25, 0.3) is 16.8 Å². The van der Waals surface area contributed by atoms with E-state index >= 15 is 0 Å². The molecule has 1 heterocycles. The summed E-state index contributed by atoms with van der Waals surface area (Å²) in [7, 11) is 0. The fourth-order valence-electron chi connectivity index (χ4n) is 3.18. The predicted octanol–water partition coefficient (Wildman–Crippen LogP) is 3.58. The Morgan fingerprint density at radius 3 is 2.55 bits per heavy atom. The van der Waals surface area contributed by atoms with Crippen molar-refractivity contribution in [1.29, 1.82) is 0 Å². The smallest absolute Gasteiger partial charge is 0.344 e. The fraction of sp³-hybridized carbons (Fsp3) is 0.0435. The van der Waals surface area contributed by atoms with Crippen LogP contribution in [0.5, 0.6) is 5.75 Å². The van der Waals surface area contributed by atoms with Gasteiger partial charge in [-0.1, -0.05) is 48.5 Å². The zero-order valence-electron chi connectivity index (χ0n) is 16.1. The second-order valence-electron chi connectivity index (χ2n) is 6.72. The average molecular weight is 432 g/mol. The number of nitrogens with zero attached hydrogens (tertiary/aromatic N) is 1. The number of imide groups is 1. The number of hydrogen-bond donors (Lipinski definition) is 1. The van der Waals surface area contributed by atoms with Crippen LogP contribution >= 0.6 is 11.8 Å². The van der Waals surface area contributed by atoms with Gasteiger partial charge in [0.15, 0.2) is 0 Å². The van der Waals surface area contributed by atoms with Crippen molar-refractivity contribution in [1.82, 2.24) is 4.90 Å². The quantitative estimate of drug-likeness (QED) is 0.375. The Labute approximate surface area is 181 Å². The van der Waals surface area contributed by atoms with E-state index in [0.29, 0.717) is 16.9 Å². The lowest BCUT2D eigenvalue weighted by atomic mass is 10.0. The number of carbonyl (C=O) groups is 4. The lowest BCUT2D eigenvalue weighted by molar-refractivity contribution is -0.127. The van der Waals surface area contributed by atoms with Crippen LogP contribution in [-0.2, 0) is 9.59 Å². The van der Waals surface area contributed by atoms with Crippen molar-refractivity contribution in [2.24, 2.45) is 5.73 Å². The number of benzene rings is 3. The number of rotatable bonds is 5. The summed E-state index contributed by atoms with van der Waals surface area (Å²) in [6.07, 6.45) is 1.50. The maximum absolute atomic E-state index is 12.7. The highest BCUT2D eigenvalue weighted by Crippen LogP contribution is 2.32. The largest absolute Gasteiger partial charge is 0.423 e. The molecule has 0 bridgehead atoms. The van der Waals surface area contributed by atoms with Crippen molar-refractivity contribution in [3.63, 3.8) is 0 Å². The Hall–Kier alpha value is -3.91. The molecule has 3 aromatic rings. The Morgan fingerprint density at radius 1 is 1.00 bits per heavy atom. The van der Waals surface area contributed by atoms with E-state index < -0.39 is 29.6 Å². The number of hydrogen-bond acceptors (Lipinski definition) is 6. The van der Waals surface area contributed by atoms with Crippen LogP contribution in [0, 0.1) is 0 Å². The van der Waals surface area contributed by atoms with Gasteiger partial charge in [-0.05, 0) is 52.4 Å². The maximum Gasteiger partial charge on any atom is 0.344 e. The third-order valence-electron chi connectivity index (χ3n) is 4.56. The number of carbonyl (C=O) groups excluding carboxylic acids is 4. The molecule has 0 unspecified atom stereocenters. The van der Waals surface area contributed by atoms with Crippen LogP contribution in [0.2, 0.25) is 0 Å². The van der Waals surface area contributed by atoms with Crippen LogP contribution in [0.4, 0.5) is 4.79 Å². The van der Waals surface area contributed by atoms with Gasteiger partial charge in [-0.2, -0.15) is 0 Å². The summed E-state index contributed by atoms with van der Waals surface area (Å²) in [4.78, 5) is 49.0. The van der Waals surface area contributed by atoms with E-state index in [1.165, 1.54) is 6.08 Å². The summed E-state index contributed by atoms with van der Waals surface area (Å²) in [6.45, 7) is -0.468. The standard InChI is InChI=1S/C23H16N2O5S/c24-20(26)13-25-21(27)19(31-23(25)29)12-14-5-3-8-16(11-14)30-22(28)18-10-4-7-15-6-1-2-9-17(15)18/h1-12H,13H2,(H2,24,26)/b19-12-. The SMILES string of the molecule is NC(=O)CN1C(=O)S/C(=C\c2cccc(OC(=O)c3cccc4ccccc34)c2)C1=O. The second-order valence-corrected chi connectivity index (χ2v) is 7.72. The van der Waals surface area contributed by atoms with Gasteiger partial charge in [0.2, 0.25) is 5.91 Å². The summed E-state index contributed by atoms with van der Waals surface area (Å²) >= 11 is 0.720. The monoisotopic (exact) mass is 432 g/mol. The topological polar surface area (TPSA) is 107 Å². The lowest BCUT2D eigenvalue weighted by Crippen LogP contribution is -2.36. The average Bonchev–Trinajstić information content (AvgIpc) is 3.00. The molecule has 1 saturated heterocycles. The van der Waals surface area contributed by atoms with E-state index in [0.717, 1.165) is 27.4 Å². The lowest BCUT2D eigenvalue weighted by Gasteiger charge is -2.09. The Kier molecular flexibility index (Phi) is 5.55. The van der Waals surface area contributed by atoms with Crippen molar-refractivity contribution in [2.45, 2.75) is 0 Å². The molecule has 7 nitrogen and oxygen atoms in total. The number of ether oxygens (including phenoxy) is 1. The minimum atomic E-state index is -0.772. The number of primary amides is 1. The first-order valence-electron chi connectivity index (χ1n) is 9.26. The van der Waals surface area contributed by atoms with Crippen LogP contribution in [0.3, 0.4) is 0 Å². The molecule has 0 spiro atoms. The van der Waals surface area contributed by atoms with Gasteiger partial charge >= 0.3 is 5.97 Å². The molecule has 31 heavy (non-hydrogen) atoms. The van der Waals surface area contributed by atoms with Gasteiger partial charge in [0.25, 0.3) is 11.1 Å². The van der Waals surface area contributed by atoms with E-state index in [4.69, 9.17) is 10.5 Å². The zero-order valence-corrected chi connectivity index (χ0v) is 16.9. The summed E-state index contributed by atoms with van der Waals surface area (Å²) in [5.74, 6) is -1.57. The van der Waals surface area contributed by atoms with E-state index in [1.54, 1.807) is 36.4 Å². The summed E-state index contributed by atoms with van der Waals surface area (Å²) < 4.78 is 5.54. The molecule has 1 fully saturated rings. The number of esters is 1. The molecule has 1 aliphatic rings. The summed E-state index contributed by atoms with van der Waals surface area (Å²) in [5, 5.41) is 1.15. The molecule has 0 radical (unpaired) electrons. The first-order valence-corrected chi connectivity index (χ1v) is 10.1. The maximum atomic E-state index is 12.7. The number of nitrogens with two attached hydrogens (primary N) is 1. The highest BCUT2D eigenvalue weighted by atomic mass is 32.2. The molecular weight excluding hydrogens is 416 g/mol. The molecule has 2 N–H and O–H groups in total. The Bertz CT molecular complexity index is 1260. The van der Waals surface area contributed by atoms with E-state index in [-0.39, 0.29) is 4.91 Å². The molecule has 0 atom stereocenters. The number of thioether (sulfide) groups is 1. The van der Waals surface area contributed by atoms with Crippen molar-refractivity contribution in [3.05, 3.63) is 82.8 Å². The van der Waals surface area contributed by atoms with Gasteiger partial charge in [-0.25, -0.2) is 4.79 Å². The highest BCUT2D eigenvalue weighted by Gasteiger charge is 2.35. The summed E-state index contributed by atoms with van der Waals surface area (Å²) in [5.41, 5.74) is 6.08. The van der Waals surface area contributed by atoms with Gasteiger partial charge in [-0.3, -0.25) is 19.3 Å². The third kappa shape index (κ3) is 4.34. The first-order chi connectivity index (χ1) is 14.9. The number of amides is 3. The van der Waals surface area contributed by atoms with Crippen molar-refractivity contribution in [2.75, 3.05) is 6.54 Å². The molecule has 0 aliphatic carbocycles. The fourth-order valence-corrected chi connectivity index (χ4v) is 4.02. The van der Waals surface area contributed by atoms with E-state index in [1.807, 2.05) is 30.3 Å². The van der Waals surface area contributed by atoms with Gasteiger partial charge < -0.3 is 10.5 Å². The Morgan fingerprint density at radius 2 is 1.74 bits per heavy atom. The molecule has 3 aromatic carbocycles. The minimum Gasteiger partial charge on any atom is -0.423 e. The van der Waals surface area contributed by atoms with Gasteiger partial charge in [0.05, 0.1) is 10.5 Å². The number of fused-ring (bicyclic) bond motifs is 1. The van der Waals surface area contributed by atoms with Gasteiger partial charge in [0.1, 0.15) is 12.3 Å². The highest BCUT2D eigenvalue weighted by molar-refractivity contribution is 8.18. The molecule has 8 heteroatoms. The van der Waals surface area contributed by atoms with Gasteiger partial charge in [0, 0.05) is 0 Å². The Balaban J connectivity index is 1.56. The van der Waals surface area contributed by atoms with Crippen LogP contribution in [0.15, 0.2) is 71.6 Å². The van der Waals surface area contributed by atoms with Crippen LogP contribution in [-0.4, -0.2) is 34.5 Å². The normalized spacial score (nSPS) is 15.0. The molecule has 0 aromatic heterocycles. The molecule has 154 valence electrons. The van der Waals surface area contributed by atoms with Crippen molar-refractivity contribution >= 4 is 51.6 Å². The van der Waals surface area contributed by atoms with Crippen molar-refractivity contribution < 1.29 is 23.9 Å². The predicted molar refractivity (Wildman–Crippen MR) is 117 cm³/mol. The van der Waals surface area contributed by atoms with Crippen LogP contribution < -0.4 is 10.5 Å². The molecule has 4 rings (SSSR count). The molecule has 0 saturated carbocycles. The second kappa shape index (κ2) is 8.45. The third-order valence-corrected chi connectivity index (χ3v) is 5.47. The van der Waals surface area contributed by atoms with Crippen molar-refractivity contribution in [3.8, 4) is 5.75 Å². The molecular formula is C23H16N2O5S. The summed E-state index contributed by atoms with van der Waals surface area (Å²) in [6, 6.07) is 19.5. The van der Waals surface area contributed by atoms with Crippen LogP contribution in [0.1, 0.15) is 15.9 Å². The first kappa shape index (κ1) is 20.4. The van der Waals surface area contributed by atoms with E-state index in [2.05, 4.69) is 0 Å².